The molecule has 0 radical (unpaired) electrons. The normalized spacial score (nSPS) is 14.7. The van der Waals surface area contributed by atoms with Crippen molar-refractivity contribution in [2.75, 3.05) is 19.6 Å². The zero-order valence-corrected chi connectivity index (χ0v) is 17.9. The molecular formula is C23H42N+. The molecule has 1 heteroatoms. The zero-order chi connectivity index (χ0) is 18.6. The molecule has 0 heterocycles. The highest BCUT2D eigenvalue weighted by atomic mass is 15.3. The van der Waals surface area contributed by atoms with Crippen LogP contribution in [0, 0.1) is 10.8 Å². The average molecular weight is 333 g/mol. The Balaban J connectivity index is 3.03. The second-order valence-electron chi connectivity index (χ2n) is 9.87. The van der Waals surface area contributed by atoms with Crippen molar-refractivity contribution in [3.63, 3.8) is 0 Å². The Hall–Kier alpha value is -0.820. The molecule has 0 fully saturated rings. The number of benzene rings is 1. The standard InChI is InChI=1S/C23H42N/c1-10-24(11-2,12-3)18-19-13-15-20(16-14-19)21(23(7,8)9)17-22(4,5)6/h13-16,21H,10-12,17-18H2,1-9H3/q+1. The third-order valence-electron chi connectivity index (χ3n) is 5.77. The summed E-state index contributed by atoms with van der Waals surface area (Å²) in [6, 6.07) is 9.55. The van der Waals surface area contributed by atoms with Crippen LogP contribution in [0.15, 0.2) is 24.3 Å². The van der Waals surface area contributed by atoms with Crippen LogP contribution in [-0.2, 0) is 6.54 Å². The molecule has 0 spiro atoms. The Kier molecular flexibility index (Phi) is 7.11. The number of hydrogen-bond donors (Lipinski definition) is 0. The van der Waals surface area contributed by atoms with Crippen LogP contribution in [0.1, 0.15) is 85.8 Å². The van der Waals surface area contributed by atoms with Crippen molar-refractivity contribution in [2.45, 2.75) is 81.2 Å². The van der Waals surface area contributed by atoms with E-state index in [0.29, 0.717) is 16.7 Å². The summed E-state index contributed by atoms with van der Waals surface area (Å²) < 4.78 is 1.18. The maximum absolute atomic E-state index is 2.40. The van der Waals surface area contributed by atoms with E-state index in [9.17, 15) is 0 Å². The molecule has 1 nitrogen and oxygen atoms in total. The largest absolute Gasteiger partial charge is 0.321 e. The molecule has 0 aromatic heterocycles. The maximum atomic E-state index is 2.40. The first kappa shape index (κ1) is 21.2. The number of nitrogens with zero attached hydrogens (tertiary/aromatic N) is 1. The van der Waals surface area contributed by atoms with Crippen LogP contribution in [0.2, 0.25) is 0 Å². The summed E-state index contributed by atoms with van der Waals surface area (Å²) in [5.74, 6) is 0.606. The van der Waals surface area contributed by atoms with Crippen LogP contribution in [-0.4, -0.2) is 24.1 Å². The highest BCUT2D eigenvalue weighted by Crippen LogP contribution is 2.43. The molecule has 0 aliphatic rings. The van der Waals surface area contributed by atoms with Crippen LogP contribution in [0.25, 0.3) is 0 Å². The predicted octanol–water partition coefficient (Wildman–Crippen LogP) is 6.63. The SMILES string of the molecule is CC[N+](CC)(CC)Cc1ccc(C(CC(C)(C)C)C(C)(C)C)cc1. The Morgan fingerprint density at radius 3 is 1.58 bits per heavy atom. The van der Waals surface area contributed by atoms with Crippen molar-refractivity contribution in [3.8, 4) is 0 Å². The topological polar surface area (TPSA) is 0 Å². The third-order valence-corrected chi connectivity index (χ3v) is 5.77. The Bertz CT molecular complexity index is 472. The molecule has 0 saturated carbocycles. The monoisotopic (exact) mass is 332 g/mol. The van der Waals surface area contributed by atoms with Crippen molar-refractivity contribution < 1.29 is 4.48 Å². The van der Waals surface area contributed by atoms with Crippen LogP contribution in [0.5, 0.6) is 0 Å². The smallest absolute Gasteiger partial charge is 0.104 e. The van der Waals surface area contributed by atoms with Gasteiger partial charge in [0, 0.05) is 5.56 Å². The Morgan fingerprint density at radius 1 is 0.792 bits per heavy atom. The molecule has 1 aromatic rings. The second-order valence-corrected chi connectivity index (χ2v) is 9.87. The van der Waals surface area contributed by atoms with Crippen molar-refractivity contribution in [1.29, 1.82) is 0 Å². The van der Waals surface area contributed by atoms with Gasteiger partial charge < -0.3 is 4.48 Å². The molecular weight excluding hydrogens is 290 g/mol. The number of quaternary nitrogens is 1. The first-order valence-corrected chi connectivity index (χ1v) is 9.90. The lowest BCUT2D eigenvalue weighted by Gasteiger charge is -2.37. The molecule has 1 rings (SSSR count). The molecule has 0 aliphatic carbocycles. The molecule has 0 aliphatic heterocycles. The van der Waals surface area contributed by atoms with Gasteiger partial charge >= 0.3 is 0 Å². The van der Waals surface area contributed by atoms with E-state index in [2.05, 4.69) is 86.6 Å². The van der Waals surface area contributed by atoms with Gasteiger partial charge in [-0.2, -0.15) is 0 Å². The van der Waals surface area contributed by atoms with Crippen molar-refractivity contribution in [3.05, 3.63) is 35.4 Å². The lowest BCUT2D eigenvalue weighted by atomic mass is 9.69. The lowest BCUT2D eigenvalue weighted by Crippen LogP contribution is -2.46. The van der Waals surface area contributed by atoms with Gasteiger partial charge in [0.05, 0.1) is 19.6 Å². The molecule has 1 atom stereocenters. The molecule has 1 aromatic carbocycles. The molecule has 24 heavy (non-hydrogen) atoms. The van der Waals surface area contributed by atoms with Crippen molar-refractivity contribution in [1.82, 2.24) is 0 Å². The summed E-state index contributed by atoms with van der Waals surface area (Å²) in [4.78, 5) is 0. The minimum atomic E-state index is 0.297. The molecule has 0 N–H and O–H groups in total. The summed E-state index contributed by atoms with van der Waals surface area (Å²) >= 11 is 0. The fraction of sp³-hybridized carbons (Fsp3) is 0.739. The summed E-state index contributed by atoms with van der Waals surface area (Å²) in [5.41, 5.74) is 3.64. The molecule has 1 unspecified atom stereocenters. The minimum absolute atomic E-state index is 0.297. The van der Waals surface area contributed by atoms with E-state index in [-0.39, 0.29) is 0 Å². The van der Waals surface area contributed by atoms with Gasteiger partial charge in [-0.1, -0.05) is 65.8 Å². The van der Waals surface area contributed by atoms with E-state index in [1.165, 1.54) is 41.7 Å². The highest BCUT2D eigenvalue weighted by molar-refractivity contribution is 5.26. The number of rotatable bonds is 7. The van der Waals surface area contributed by atoms with E-state index in [1.807, 2.05) is 0 Å². The van der Waals surface area contributed by atoms with Gasteiger partial charge in [-0.25, -0.2) is 0 Å². The predicted molar refractivity (Wildman–Crippen MR) is 108 cm³/mol. The van der Waals surface area contributed by atoms with Gasteiger partial charge in [0.1, 0.15) is 6.54 Å². The number of hydrogen-bond acceptors (Lipinski definition) is 0. The Morgan fingerprint density at radius 2 is 1.25 bits per heavy atom. The van der Waals surface area contributed by atoms with Gasteiger partial charge in [0.15, 0.2) is 0 Å². The van der Waals surface area contributed by atoms with Gasteiger partial charge in [-0.05, 0) is 49.5 Å². The maximum Gasteiger partial charge on any atom is 0.104 e. The van der Waals surface area contributed by atoms with E-state index >= 15 is 0 Å². The second kappa shape index (κ2) is 8.04. The van der Waals surface area contributed by atoms with Crippen molar-refractivity contribution in [2.24, 2.45) is 10.8 Å². The third kappa shape index (κ3) is 5.92. The summed E-state index contributed by atoms with van der Waals surface area (Å²) in [6.07, 6.45) is 1.23. The van der Waals surface area contributed by atoms with Gasteiger partial charge in [0.25, 0.3) is 0 Å². The van der Waals surface area contributed by atoms with Crippen LogP contribution >= 0.6 is 0 Å². The van der Waals surface area contributed by atoms with E-state index in [1.54, 1.807) is 0 Å². The van der Waals surface area contributed by atoms with Gasteiger partial charge in [-0.3, -0.25) is 0 Å². The lowest BCUT2D eigenvalue weighted by molar-refractivity contribution is -0.936. The van der Waals surface area contributed by atoms with Crippen molar-refractivity contribution >= 4 is 0 Å². The molecule has 0 bridgehead atoms. The van der Waals surface area contributed by atoms with E-state index < -0.39 is 0 Å². The van der Waals surface area contributed by atoms with Gasteiger partial charge in [-0.15, -0.1) is 0 Å². The first-order chi connectivity index (χ1) is 11.0. The van der Waals surface area contributed by atoms with Gasteiger partial charge in [0.2, 0.25) is 0 Å². The average Bonchev–Trinajstić information content (AvgIpc) is 2.49. The highest BCUT2D eigenvalue weighted by Gasteiger charge is 2.30. The van der Waals surface area contributed by atoms with Crippen LogP contribution in [0.4, 0.5) is 0 Å². The summed E-state index contributed by atoms with van der Waals surface area (Å²) in [7, 11) is 0. The first-order valence-electron chi connectivity index (χ1n) is 9.90. The Labute approximate surface area is 152 Å². The minimum Gasteiger partial charge on any atom is -0.321 e. The fourth-order valence-corrected chi connectivity index (χ4v) is 3.79. The summed E-state index contributed by atoms with van der Waals surface area (Å²) in [6.45, 7) is 26.0. The zero-order valence-electron chi connectivity index (χ0n) is 17.9. The van der Waals surface area contributed by atoms with E-state index in [0.717, 1.165) is 6.54 Å². The van der Waals surface area contributed by atoms with Crippen LogP contribution < -0.4 is 0 Å². The van der Waals surface area contributed by atoms with E-state index in [4.69, 9.17) is 0 Å². The quantitative estimate of drug-likeness (QED) is 0.492. The molecule has 0 saturated heterocycles. The van der Waals surface area contributed by atoms with Crippen LogP contribution in [0.3, 0.4) is 0 Å². The molecule has 138 valence electrons. The fourth-order valence-electron chi connectivity index (χ4n) is 3.79. The molecule has 0 amide bonds. The summed E-state index contributed by atoms with van der Waals surface area (Å²) in [5, 5.41) is 0.